The average molecular weight is 376 g/mol. The number of hydrogen-bond acceptors (Lipinski definition) is 4. The number of amides is 1. The second-order valence-corrected chi connectivity index (χ2v) is 5.96. The lowest BCUT2D eigenvalue weighted by Crippen LogP contribution is -2.13. The third-order valence-electron chi connectivity index (χ3n) is 3.40. The van der Waals surface area contributed by atoms with Gasteiger partial charge in [-0.2, -0.15) is 0 Å². The van der Waals surface area contributed by atoms with Crippen molar-refractivity contribution < 1.29 is 19.1 Å². The number of benzene rings is 2. The number of anilines is 1. The molecule has 0 saturated carbocycles. The maximum atomic E-state index is 12.0. The van der Waals surface area contributed by atoms with Crippen LogP contribution in [0.3, 0.4) is 0 Å². The number of nitrogens with one attached hydrogen (secondary N) is 1. The van der Waals surface area contributed by atoms with Gasteiger partial charge in [0, 0.05) is 34.6 Å². The summed E-state index contributed by atoms with van der Waals surface area (Å²) >= 11 is 3.32. The highest BCUT2D eigenvalue weighted by Gasteiger charge is 2.15. The van der Waals surface area contributed by atoms with Crippen molar-refractivity contribution in [2.75, 3.05) is 12.1 Å². The van der Waals surface area contributed by atoms with E-state index in [1.165, 1.54) is 0 Å². The fourth-order valence-electron chi connectivity index (χ4n) is 2.20. The van der Waals surface area contributed by atoms with E-state index in [0.29, 0.717) is 22.7 Å². The monoisotopic (exact) mass is 375 g/mol. The van der Waals surface area contributed by atoms with Gasteiger partial charge < -0.3 is 14.8 Å². The molecule has 2 aromatic carbocycles. The van der Waals surface area contributed by atoms with E-state index in [9.17, 15) is 9.59 Å². The maximum absolute atomic E-state index is 12.0. The van der Waals surface area contributed by atoms with Crippen LogP contribution >= 0.6 is 15.9 Å². The highest BCUT2D eigenvalue weighted by Crippen LogP contribution is 2.34. The quantitative estimate of drug-likeness (QED) is 0.807. The van der Waals surface area contributed by atoms with Gasteiger partial charge in [0.25, 0.3) is 0 Å². The Morgan fingerprint density at radius 1 is 1.00 bits per heavy atom. The largest absolute Gasteiger partial charge is 0.454 e. The summed E-state index contributed by atoms with van der Waals surface area (Å²) in [7, 11) is 0. The zero-order chi connectivity index (χ0) is 16.2. The van der Waals surface area contributed by atoms with Crippen LogP contribution in [0.1, 0.15) is 23.2 Å². The molecule has 0 spiro atoms. The van der Waals surface area contributed by atoms with Gasteiger partial charge >= 0.3 is 0 Å². The minimum Gasteiger partial charge on any atom is -0.454 e. The van der Waals surface area contributed by atoms with Gasteiger partial charge in [-0.3, -0.25) is 9.59 Å². The number of halogens is 1. The van der Waals surface area contributed by atoms with E-state index < -0.39 is 0 Å². The standard InChI is InChI=1S/C17H14BrNO4/c18-12-3-1-11(2-4-12)14(20)6-8-17(21)19-13-5-7-15-16(9-13)23-10-22-15/h1-5,7,9H,6,8,10H2,(H,19,21). The molecule has 3 rings (SSSR count). The van der Waals surface area contributed by atoms with Gasteiger partial charge in [0.15, 0.2) is 17.3 Å². The molecule has 0 atom stereocenters. The van der Waals surface area contributed by atoms with Crippen LogP contribution in [0, 0.1) is 0 Å². The third kappa shape index (κ3) is 3.90. The SMILES string of the molecule is O=C(CCC(=O)c1ccc(Br)cc1)Nc1ccc2c(c1)OCO2. The second-order valence-electron chi connectivity index (χ2n) is 5.05. The van der Waals surface area contributed by atoms with Crippen LogP contribution in [-0.4, -0.2) is 18.5 Å². The molecule has 5 nitrogen and oxygen atoms in total. The van der Waals surface area contributed by atoms with E-state index in [1.54, 1.807) is 42.5 Å². The summed E-state index contributed by atoms with van der Waals surface area (Å²) in [6, 6.07) is 12.3. The van der Waals surface area contributed by atoms with Crippen molar-refractivity contribution in [2.45, 2.75) is 12.8 Å². The van der Waals surface area contributed by atoms with Crippen LogP contribution in [0.2, 0.25) is 0 Å². The fraction of sp³-hybridized carbons (Fsp3) is 0.176. The molecular formula is C17H14BrNO4. The Balaban J connectivity index is 1.53. The fourth-order valence-corrected chi connectivity index (χ4v) is 2.47. The Hall–Kier alpha value is -2.34. The molecule has 1 amide bonds. The summed E-state index contributed by atoms with van der Waals surface area (Å²) < 4.78 is 11.4. The Bertz CT molecular complexity index is 743. The first kappa shape index (κ1) is 15.6. The zero-order valence-corrected chi connectivity index (χ0v) is 13.8. The average Bonchev–Trinajstić information content (AvgIpc) is 3.01. The summed E-state index contributed by atoms with van der Waals surface area (Å²) in [5.41, 5.74) is 1.22. The normalized spacial score (nSPS) is 12.0. The maximum Gasteiger partial charge on any atom is 0.231 e. The first-order valence-corrected chi connectivity index (χ1v) is 7.89. The smallest absolute Gasteiger partial charge is 0.231 e. The summed E-state index contributed by atoms with van der Waals surface area (Å²) in [5, 5.41) is 2.75. The van der Waals surface area contributed by atoms with E-state index in [0.717, 1.165) is 4.47 Å². The van der Waals surface area contributed by atoms with Crippen LogP contribution in [0.4, 0.5) is 5.69 Å². The Morgan fingerprint density at radius 2 is 1.74 bits per heavy atom. The second kappa shape index (κ2) is 6.83. The van der Waals surface area contributed by atoms with Gasteiger partial charge in [-0.15, -0.1) is 0 Å². The molecule has 1 N–H and O–H groups in total. The number of carbonyl (C=O) groups is 2. The van der Waals surface area contributed by atoms with Crippen molar-refractivity contribution >= 4 is 33.3 Å². The third-order valence-corrected chi connectivity index (χ3v) is 3.93. The van der Waals surface area contributed by atoms with Crippen LogP contribution in [0.5, 0.6) is 11.5 Å². The van der Waals surface area contributed by atoms with Crippen molar-refractivity contribution in [1.29, 1.82) is 0 Å². The topological polar surface area (TPSA) is 64.6 Å². The Labute approximate surface area is 141 Å². The van der Waals surface area contributed by atoms with Crippen molar-refractivity contribution in [3.8, 4) is 11.5 Å². The van der Waals surface area contributed by atoms with Crippen LogP contribution in [0.15, 0.2) is 46.9 Å². The predicted molar refractivity (Wildman–Crippen MR) is 88.9 cm³/mol. The summed E-state index contributed by atoms with van der Waals surface area (Å²) in [6.07, 6.45) is 0.293. The van der Waals surface area contributed by atoms with E-state index in [-0.39, 0.29) is 31.3 Å². The number of fused-ring (bicyclic) bond motifs is 1. The molecule has 0 aliphatic carbocycles. The van der Waals surface area contributed by atoms with Gasteiger partial charge in [-0.1, -0.05) is 28.1 Å². The lowest BCUT2D eigenvalue weighted by Gasteiger charge is -2.06. The molecule has 0 fully saturated rings. The zero-order valence-electron chi connectivity index (χ0n) is 12.2. The van der Waals surface area contributed by atoms with Crippen molar-refractivity contribution in [3.63, 3.8) is 0 Å². The number of rotatable bonds is 5. The minimum atomic E-state index is -0.214. The molecule has 1 aliphatic rings. The Morgan fingerprint density at radius 3 is 2.52 bits per heavy atom. The molecule has 2 aromatic rings. The van der Waals surface area contributed by atoms with E-state index in [1.807, 2.05) is 0 Å². The van der Waals surface area contributed by atoms with Crippen molar-refractivity contribution in [1.82, 2.24) is 0 Å². The molecule has 6 heteroatoms. The molecule has 0 unspecified atom stereocenters. The molecule has 1 heterocycles. The van der Waals surface area contributed by atoms with E-state index in [4.69, 9.17) is 9.47 Å². The molecule has 0 aromatic heterocycles. The number of carbonyl (C=O) groups excluding carboxylic acids is 2. The van der Waals surface area contributed by atoms with E-state index >= 15 is 0 Å². The molecule has 0 radical (unpaired) electrons. The highest BCUT2D eigenvalue weighted by atomic mass is 79.9. The Kier molecular flexibility index (Phi) is 4.62. The number of Topliss-reactive ketones (excluding diaryl/α,β-unsaturated/α-hetero) is 1. The van der Waals surface area contributed by atoms with Gasteiger partial charge in [-0.25, -0.2) is 0 Å². The van der Waals surface area contributed by atoms with Crippen molar-refractivity contribution in [2.24, 2.45) is 0 Å². The molecule has 1 aliphatic heterocycles. The first-order chi connectivity index (χ1) is 11.1. The van der Waals surface area contributed by atoms with E-state index in [2.05, 4.69) is 21.2 Å². The molecule has 0 bridgehead atoms. The van der Waals surface area contributed by atoms with Gasteiger partial charge in [0.1, 0.15) is 0 Å². The predicted octanol–water partition coefficient (Wildman–Crippen LogP) is 3.78. The molecule has 23 heavy (non-hydrogen) atoms. The van der Waals surface area contributed by atoms with Crippen molar-refractivity contribution in [3.05, 3.63) is 52.5 Å². The lowest BCUT2D eigenvalue weighted by atomic mass is 10.1. The van der Waals surface area contributed by atoms with Crippen LogP contribution in [-0.2, 0) is 4.79 Å². The summed E-state index contributed by atoms with van der Waals surface area (Å²) in [6.45, 7) is 0.189. The van der Waals surface area contributed by atoms with Crippen LogP contribution < -0.4 is 14.8 Å². The van der Waals surface area contributed by atoms with Crippen LogP contribution in [0.25, 0.3) is 0 Å². The lowest BCUT2D eigenvalue weighted by molar-refractivity contribution is -0.116. The first-order valence-electron chi connectivity index (χ1n) is 7.10. The highest BCUT2D eigenvalue weighted by molar-refractivity contribution is 9.10. The van der Waals surface area contributed by atoms with Gasteiger partial charge in [0.05, 0.1) is 0 Å². The molecule has 118 valence electrons. The number of ether oxygens (including phenoxy) is 2. The summed E-state index contributed by atoms with van der Waals surface area (Å²) in [4.78, 5) is 24.0. The van der Waals surface area contributed by atoms with Gasteiger partial charge in [-0.05, 0) is 24.3 Å². The number of hydrogen-bond donors (Lipinski definition) is 1. The molecule has 0 saturated heterocycles. The molecular weight excluding hydrogens is 362 g/mol. The summed E-state index contributed by atoms with van der Waals surface area (Å²) in [5.74, 6) is 0.995. The number of ketones is 1. The van der Waals surface area contributed by atoms with Gasteiger partial charge in [0.2, 0.25) is 12.7 Å². The minimum absolute atomic E-state index is 0.0571.